The highest BCUT2D eigenvalue weighted by Gasteiger charge is 2.37. The van der Waals surface area contributed by atoms with Gasteiger partial charge in [0.15, 0.2) is 20.7 Å². The number of benzene rings is 1. The monoisotopic (exact) mass is 385 g/mol. The van der Waals surface area contributed by atoms with Crippen molar-refractivity contribution in [3.63, 3.8) is 0 Å². The van der Waals surface area contributed by atoms with Gasteiger partial charge in [0.2, 0.25) is 0 Å². The number of carbonyl (C=O) groups is 1. The van der Waals surface area contributed by atoms with E-state index in [9.17, 15) is 17.8 Å². The topological polar surface area (TPSA) is 139 Å². The molecule has 0 aliphatic heterocycles. The number of nitrogens with zero attached hydrogens (tertiary/aromatic N) is 1. The van der Waals surface area contributed by atoms with E-state index in [0.29, 0.717) is 5.56 Å². The van der Waals surface area contributed by atoms with Crippen LogP contribution in [0.3, 0.4) is 0 Å². The van der Waals surface area contributed by atoms with Crippen LogP contribution >= 0.6 is 0 Å². The largest absolute Gasteiger partial charge is 0.611 e. The summed E-state index contributed by atoms with van der Waals surface area (Å²) < 4.78 is 37.5. The van der Waals surface area contributed by atoms with Gasteiger partial charge >= 0.3 is 0 Å². The number of guanidine groups is 1. The van der Waals surface area contributed by atoms with Gasteiger partial charge < -0.3 is 16.0 Å². The van der Waals surface area contributed by atoms with Gasteiger partial charge in [0.1, 0.15) is 10.1 Å². The Balaban J connectivity index is 2.59. The fraction of sp³-hybridized carbons (Fsp3) is 0.500. The third kappa shape index (κ3) is 4.34. The van der Waals surface area contributed by atoms with Gasteiger partial charge in [0.05, 0.1) is 0 Å². The van der Waals surface area contributed by atoms with Gasteiger partial charge in [-0.25, -0.2) is 8.42 Å². The van der Waals surface area contributed by atoms with Crippen LogP contribution in [0, 0.1) is 12.8 Å². The number of rotatable bonds is 4. The zero-order chi connectivity index (χ0) is 18.9. The SMILES string of the molecule is Cc1cc([S+]([O-])C2CCCC2C)c(S(C)(=O)=O)cc1C(=O)N=C(N)N. The normalized spacial score (nSPS) is 21.8. The van der Waals surface area contributed by atoms with Crippen LogP contribution in [-0.2, 0) is 21.0 Å². The highest BCUT2D eigenvalue weighted by molar-refractivity contribution is 7.94. The maximum atomic E-state index is 13.0. The van der Waals surface area contributed by atoms with Crippen molar-refractivity contribution in [3.8, 4) is 0 Å². The van der Waals surface area contributed by atoms with Crippen LogP contribution in [-0.4, -0.2) is 36.3 Å². The van der Waals surface area contributed by atoms with E-state index in [-0.39, 0.29) is 26.5 Å². The molecule has 1 aliphatic carbocycles. The zero-order valence-corrected chi connectivity index (χ0v) is 16.1. The molecule has 3 unspecified atom stereocenters. The molecule has 4 N–H and O–H groups in total. The number of nitrogens with two attached hydrogens (primary N) is 2. The van der Waals surface area contributed by atoms with Crippen LogP contribution in [0.25, 0.3) is 0 Å². The summed E-state index contributed by atoms with van der Waals surface area (Å²) in [7, 11) is -3.68. The van der Waals surface area contributed by atoms with E-state index < -0.39 is 32.9 Å². The molecule has 1 aliphatic rings. The van der Waals surface area contributed by atoms with Crippen molar-refractivity contribution in [1.29, 1.82) is 0 Å². The number of amides is 1. The number of sulfone groups is 1. The Labute approximate surface area is 151 Å². The van der Waals surface area contributed by atoms with E-state index in [4.69, 9.17) is 11.5 Å². The van der Waals surface area contributed by atoms with Crippen LogP contribution in [0.1, 0.15) is 42.1 Å². The predicted molar refractivity (Wildman–Crippen MR) is 97.6 cm³/mol. The van der Waals surface area contributed by atoms with Gasteiger partial charge in [0.25, 0.3) is 5.91 Å². The van der Waals surface area contributed by atoms with E-state index in [1.54, 1.807) is 6.92 Å². The van der Waals surface area contributed by atoms with Crippen LogP contribution < -0.4 is 11.5 Å². The molecule has 1 amide bonds. The van der Waals surface area contributed by atoms with Crippen molar-refractivity contribution in [2.75, 3.05) is 6.26 Å². The molecule has 3 atom stereocenters. The summed E-state index contributed by atoms with van der Waals surface area (Å²) in [6.07, 6.45) is 3.78. The van der Waals surface area contributed by atoms with Crippen molar-refractivity contribution >= 4 is 32.9 Å². The fourth-order valence-electron chi connectivity index (χ4n) is 3.11. The van der Waals surface area contributed by atoms with Gasteiger partial charge in [-0.15, -0.1) is 0 Å². The highest BCUT2D eigenvalue weighted by Crippen LogP contribution is 2.37. The minimum Gasteiger partial charge on any atom is -0.611 e. The van der Waals surface area contributed by atoms with E-state index in [2.05, 4.69) is 4.99 Å². The molecule has 0 radical (unpaired) electrons. The minimum atomic E-state index is -3.68. The molecule has 1 fully saturated rings. The molecule has 0 spiro atoms. The summed E-state index contributed by atoms with van der Waals surface area (Å²) in [5, 5.41) is -0.0841. The summed E-state index contributed by atoms with van der Waals surface area (Å²) >= 11 is -1.47. The maximum Gasteiger partial charge on any atom is 0.280 e. The molecule has 138 valence electrons. The molecule has 2 rings (SSSR count). The van der Waals surface area contributed by atoms with Crippen molar-refractivity contribution in [2.45, 2.75) is 48.2 Å². The Morgan fingerprint density at radius 1 is 1.32 bits per heavy atom. The molecule has 0 bridgehead atoms. The molecule has 0 saturated heterocycles. The number of aliphatic imine (C=N–C) groups is 1. The molecule has 0 aromatic heterocycles. The fourth-order valence-corrected chi connectivity index (χ4v) is 6.38. The van der Waals surface area contributed by atoms with Gasteiger partial charge in [-0.1, -0.05) is 6.92 Å². The van der Waals surface area contributed by atoms with Crippen molar-refractivity contribution in [3.05, 3.63) is 23.3 Å². The van der Waals surface area contributed by atoms with Gasteiger partial charge in [-0.05, 0) is 55.1 Å². The third-order valence-electron chi connectivity index (χ3n) is 4.43. The van der Waals surface area contributed by atoms with E-state index in [0.717, 1.165) is 25.5 Å². The summed E-state index contributed by atoms with van der Waals surface area (Å²) in [5.74, 6) is -0.872. The van der Waals surface area contributed by atoms with Crippen molar-refractivity contribution in [2.24, 2.45) is 22.4 Å². The van der Waals surface area contributed by atoms with Crippen molar-refractivity contribution < 1.29 is 17.8 Å². The second-order valence-corrected chi connectivity index (χ2v) is 10.1. The lowest BCUT2D eigenvalue weighted by Gasteiger charge is -2.23. The first kappa shape index (κ1) is 19.7. The van der Waals surface area contributed by atoms with Gasteiger partial charge in [-0.3, -0.25) is 4.79 Å². The molecular formula is C16H23N3O4S2. The van der Waals surface area contributed by atoms with Crippen molar-refractivity contribution in [1.82, 2.24) is 0 Å². The first-order valence-corrected chi connectivity index (χ1v) is 11.0. The summed E-state index contributed by atoms with van der Waals surface area (Å²) in [6, 6.07) is 2.74. The molecule has 7 nitrogen and oxygen atoms in total. The highest BCUT2D eigenvalue weighted by atomic mass is 32.2. The maximum absolute atomic E-state index is 13.0. The predicted octanol–water partition coefficient (Wildman–Crippen LogP) is 1.11. The summed E-state index contributed by atoms with van der Waals surface area (Å²) in [4.78, 5) is 15.7. The first-order valence-electron chi connectivity index (χ1n) is 7.91. The molecule has 1 saturated carbocycles. The second kappa shape index (κ2) is 7.35. The zero-order valence-electron chi connectivity index (χ0n) is 14.5. The molecule has 1 aromatic carbocycles. The van der Waals surface area contributed by atoms with E-state index >= 15 is 0 Å². The quantitative estimate of drug-likeness (QED) is 0.452. The van der Waals surface area contributed by atoms with Crippen LogP contribution in [0.2, 0.25) is 0 Å². The Morgan fingerprint density at radius 3 is 2.44 bits per heavy atom. The molecule has 9 heteroatoms. The van der Waals surface area contributed by atoms with E-state index in [1.807, 2.05) is 6.92 Å². The smallest absolute Gasteiger partial charge is 0.280 e. The summed E-state index contributed by atoms with van der Waals surface area (Å²) in [5.41, 5.74) is 11.0. The molecular weight excluding hydrogens is 362 g/mol. The Kier molecular flexibility index (Phi) is 5.80. The number of aryl methyl sites for hydroxylation is 1. The minimum absolute atomic E-state index is 0.0778. The van der Waals surface area contributed by atoms with Gasteiger partial charge in [-0.2, -0.15) is 4.99 Å². The lowest BCUT2D eigenvalue weighted by molar-refractivity contribution is 0.100. The number of hydrogen-bond donors (Lipinski definition) is 2. The molecule has 1 aromatic rings. The Morgan fingerprint density at radius 2 is 1.96 bits per heavy atom. The Hall–Kier alpha value is -1.58. The standard InChI is InChI=1S/C16H23N3O4S2/c1-9-5-4-6-12(9)24(21)13-7-10(2)11(15(20)19-16(17)18)8-14(13)25(3,22)23/h7-9,12H,4-6H2,1-3H3,(H4,17,18,19,20). The van der Waals surface area contributed by atoms with Gasteiger partial charge in [0, 0.05) is 17.7 Å². The lowest BCUT2D eigenvalue weighted by atomic mass is 10.1. The Bertz CT molecular complexity index is 817. The third-order valence-corrected chi connectivity index (χ3v) is 7.71. The second-order valence-electron chi connectivity index (χ2n) is 6.47. The lowest BCUT2D eigenvalue weighted by Crippen LogP contribution is -2.26. The molecule has 25 heavy (non-hydrogen) atoms. The van der Waals surface area contributed by atoms with Crippen LogP contribution in [0.15, 0.2) is 26.9 Å². The van der Waals surface area contributed by atoms with Crippen LogP contribution in [0.5, 0.6) is 0 Å². The van der Waals surface area contributed by atoms with E-state index in [1.165, 1.54) is 12.1 Å². The number of carbonyl (C=O) groups excluding carboxylic acids is 1. The average molecular weight is 386 g/mol. The summed E-state index contributed by atoms with van der Waals surface area (Å²) in [6.45, 7) is 3.67. The van der Waals surface area contributed by atoms with Crippen LogP contribution in [0.4, 0.5) is 0 Å². The average Bonchev–Trinajstić information content (AvgIpc) is 2.90. The molecule has 0 heterocycles. The number of hydrogen-bond acceptors (Lipinski definition) is 4. The first-order chi connectivity index (χ1) is 11.5.